The Balaban J connectivity index is 2.50. The summed E-state index contributed by atoms with van der Waals surface area (Å²) < 4.78 is 5.07. The van der Waals surface area contributed by atoms with Gasteiger partial charge in [0.15, 0.2) is 0 Å². The predicted octanol–water partition coefficient (Wildman–Crippen LogP) is 0.892. The van der Waals surface area contributed by atoms with Crippen molar-refractivity contribution >= 4 is 12.2 Å². The molecule has 1 rings (SSSR count). The second-order valence-electron chi connectivity index (χ2n) is 2.84. The first kappa shape index (κ1) is 11.0. The fraction of sp³-hybridized carbons (Fsp3) is 0.200. The van der Waals surface area contributed by atoms with Crippen molar-refractivity contribution in [2.45, 2.75) is 6.42 Å². The van der Waals surface area contributed by atoms with Crippen LogP contribution in [0.1, 0.15) is 5.56 Å². The maximum atomic E-state index is 10.3. The van der Waals surface area contributed by atoms with Crippen LogP contribution in [0.15, 0.2) is 29.4 Å². The fourth-order valence-electron chi connectivity index (χ4n) is 1.06. The van der Waals surface area contributed by atoms with E-state index in [0.717, 1.165) is 11.3 Å². The summed E-state index contributed by atoms with van der Waals surface area (Å²) in [7, 11) is 1.61. The molecule has 5 heteroatoms. The molecule has 0 radical (unpaired) electrons. The number of primary amides is 1. The monoisotopic (exact) mass is 207 g/mol. The Morgan fingerprint density at radius 3 is 3.13 bits per heavy atom. The van der Waals surface area contributed by atoms with Crippen molar-refractivity contribution in [3.05, 3.63) is 29.8 Å². The number of hydrazone groups is 1. The number of amides is 2. The number of benzene rings is 1. The van der Waals surface area contributed by atoms with Crippen LogP contribution in [0.5, 0.6) is 5.75 Å². The van der Waals surface area contributed by atoms with Crippen molar-refractivity contribution in [2.24, 2.45) is 10.8 Å². The maximum Gasteiger partial charge on any atom is 0.332 e. The van der Waals surface area contributed by atoms with Crippen LogP contribution in [-0.4, -0.2) is 19.4 Å². The molecule has 0 atom stereocenters. The largest absolute Gasteiger partial charge is 0.497 e. The first-order valence-corrected chi connectivity index (χ1v) is 4.42. The lowest BCUT2D eigenvalue weighted by molar-refractivity contribution is 0.249. The second kappa shape index (κ2) is 5.64. The smallest absolute Gasteiger partial charge is 0.332 e. The van der Waals surface area contributed by atoms with Crippen molar-refractivity contribution in [3.8, 4) is 5.75 Å². The minimum Gasteiger partial charge on any atom is -0.497 e. The molecule has 0 aliphatic rings. The Hall–Kier alpha value is -2.04. The highest BCUT2D eigenvalue weighted by Gasteiger charge is 1.93. The van der Waals surface area contributed by atoms with Crippen LogP contribution in [0.4, 0.5) is 4.79 Å². The zero-order valence-electron chi connectivity index (χ0n) is 8.43. The van der Waals surface area contributed by atoms with Crippen LogP contribution < -0.4 is 15.9 Å². The van der Waals surface area contributed by atoms with Crippen LogP contribution >= 0.6 is 0 Å². The van der Waals surface area contributed by atoms with Gasteiger partial charge in [-0.1, -0.05) is 12.1 Å². The summed E-state index contributed by atoms with van der Waals surface area (Å²) in [5.41, 5.74) is 8.00. The SMILES string of the molecule is COc1cccc(CC=NNC(N)=O)c1. The maximum absolute atomic E-state index is 10.3. The normalized spacial score (nSPS) is 10.2. The Bertz CT molecular complexity index is 363. The zero-order valence-corrected chi connectivity index (χ0v) is 8.43. The van der Waals surface area contributed by atoms with E-state index >= 15 is 0 Å². The Morgan fingerprint density at radius 1 is 1.67 bits per heavy atom. The number of carbonyl (C=O) groups is 1. The predicted molar refractivity (Wildman–Crippen MR) is 57.9 cm³/mol. The van der Waals surface area contributed by atoms with E-state index in [9.17, 15) is 4.79 Å². The summed E-state index contributed by atoms with van der Waals surface area (Å²) in [6, 6.07) is 6.93. The van der Waals surface area contributed by atoms with Gasteiger partial charge in [-0.05, 0) is 17.7 Å². The molecule has 0 spiro atoms. The number of nitrogens with zero attached hydrogens (tertiary/aromatic N) is 1. The number of ether oxygens (including phenoxy) is 1. The molecule has 0 unspecified atom stereocenters. The van der Waals surface area contributed by atoms with Crippen LogP contribution in [-0.2, 0) is 6.42 Å². The number of urea groups is 1. The van der Waals surface area contributed by atoms with Gasteiger partial charge in [-0.3, -0.25) is 0 Å². The molecule has 0 bridgehead atoms. The molecule has 80 valence electrons. The molecular formula is C10H13N3O2. The summed E-state index contributed by atoms with van der Waals surface area (Å²) in [6.45, 7) is 0. The minimum absolute atomic E-state index is 0.609. The van der Waals surface area contributed by atoms with E-state index in [1.165, 1.54) is 0 Å². The summed E-state index contributed by atoms with van der Waals surface area (Å²) in [5, 5.41) is 3.63. The van der Waals surface area contributed by atoms with E-state index in [1.807, 2.05) is 24.3 Å². The van der Waals surface area contributed by atoms with Crippen molar-refractivity contribution in [1.82, 2.24) is 5.43 Å². The van der Waals surface area contributed by atoms with E-state index in [1.54, 1.807) is 13.3 Å². The van der Waals surface area contributed by atoms with Gasteiger partial charge >= 0.3 is 6.03 Å². The van der Waals surface area contributed by atoms with Gasteiger partial charge in [0.1, 0.15) is 5.75 Å². The summed E-state index contributed by atoms with van der Waals surface area (Å²) in [4.78, 5) is 10.3. The van der Waals surface area contributed by atoms with Crippen LogP contribution in [0.3, 0.4) is 0 Å². The zero-order chi connectivity index (χ0) is 11.1. The molecule has 3 N–H and O–H groups in total. The Morgan fingerprint density at radius 2 is 2.47 bits per heavy atom. The number of hydrogen-bond donors (Lipinski definition) is 2. The second-order valence-corrected chi connectivity index (χ2v) is 2.84. The summed E-state index contributed by atoms with van der Waals surface area (Å²) >= 11 is 0. The van der Waals surface area contributed by atoms with E-state index in [2.05, 4.69) is 10.5 Å². The number of rotatable bonds is 4. The van der Waals surface area contributed by atoms with Crippen molar-refractivity contribution in [2.75, 3.05) is 7.11 Å². The van der Waals surface area contributed by atoms with Gasteiger partial charge in [0, 0.05) is 12.6 Å². The minimum atomic E-state index is -0.670. The van der Waals surface area contributed by atoms with Crippen molar-refractivity contribution in [3.63, 3.8) is 0 Å². The summed E-state index contributed by atoms with van der Waals surface area (Å²) in [5.74, 6) is 0.795. The Kier molecular flexibility index (Phi) is 4.15. The number of nitrogens with one attached hydrogen (secondary N) is 1. The Labute approximate surface area is 87.9 Å². The first-order valence-electron chi connectivity index (χ1n) is 4.42. The molecule has 0 aromatic heterocycles. The number of carbonyl (C=O) groups excluding carboxylic acids is 1. The molecule has 2 amide bonds. The van der Waals surface area contributed by atoms with E-state index < -0.39 is 6.03 Å². The third kappa shape index (κ3) is 4.12. The topological polar surface area (TPSA) is 76.7 Å². The van der Waals surface area contributed by atoms with Gasteiger partial charge in [0.05, 0.1) is 7.11 Å². The van der Waals surface area contributed by atoms with Gasteiger partial charge in [-0.2, -0.15) is 5.10 Å². The number of hydrogen-bond acceptors (Lipinski definition) is 3. The van der Waals surface area contributed by atoms with Gasteiger partial charge in [0.2, 0.25) is 0 Å². The standard InChI is InChI=1S/C10H13N3O2/c1-15-9-4-2-3-8(7-9)5-6-12-13-10(11)14/h2-4,6-7H,5H2,1H3,(H3,11,13,14). The lowest BCUT2D eigenvalue weighted by Gasteiger charge is -2.01. The highest BCUT2D eigenvalue weighted by Crippen LogP contribution is 2.12. The molecule has 1 aromatic rings. The first-order chi connectivity index (χ1) is 7.22. The fourth-order valence-corrected chi connectivity index (χ4v) is 1.06. The third-order valence-corrected chi connectivity index (χ3v) is 1.73. The molecule has 0 fully saturated rings. The average molecular weight is 207 g/mol. The number of methoxy groups -OCH3 is 1. The summed E-state index contributed by atoms with van der Waals surface area (Å²) in [6.07, 6.45) is 2.18. The van der Waals surface area contributed by atoms with Crippen LogP contribution in [0.2, 0.25) is 0 Å². The van der Waals surface area contributed by atoms with E-state index in [-0.39, 0.29) is 0 Å². The van der Waals surface area contributed by atoms with Gasteiger partial charge in [-0.15, -0.1) is 0 Å². The van der Waals surface area contributed by atoms with Crippen LogP contribution in [0.25, 0.3) is 0 Å². The molecule has 1 aromatic carbocycles. The third-order valence-electron chi connectivity index (χ3n) is 1.73. The molecule has 15 heavy (non-hydrogen) atoms. The average Bonchev–Trinajstić information content (AvgIpc) is 2.24. The molecule has 5 nitrogen and oxygen atoms in total. The highest BCUT2D eigenvalue weighted by atomic mass is 16.5. The lowest BCUT2D eigenvalue weighted by atomic mass is 10.1. The number of nitrogens with two attached hydrogens (primary N) is 1. The molecule has 0 aliphatic carbocycles. The van der Waals surface area contributed by atoms with Gasteiger partial charge in [0.25, 0.3) is 0 Å². The van der Waals surface area contributed by atoms with Gasteiger partial charge in [-0.25, -0.2) is 10.2 Å². The van der Waals surface area contributed by atoms with E-state index in [4.69, 9.17) is 10.5 Å². The van der Waals surface area contributed by atoms with Gasteiger partial charge < -0.3 is 10.5 Å². The van der Waals surface area contributed by atoms with Crippen LogP contribution in [0, 0.1) is 0 Å². The highest BCUT2D eigenvalue weighted by molar-refractivity contribution is 5.73. The molecule has 0 saturated heterocycles. The van der Waals surface area contributed by atoms with Crippen molar-refractivity contribution < 1.29 is 9.53 Å². The van der Waals surface area contributed by atoms with Crippen molar-refractivity contribution in [1.29, 1.82) is 0 Å². The molecule has 0 aliphatic heterocycles. The molecular weight excluding hydrogens is 194 g/mol. The molecule has 0 saturated carbocycles. The quantitative estimate of drug-likeness (QED) is 0.568. The lowest BCUT2D eigenvalue weighted by Crippen LogP contribution is -2.24. The molecule has 0 heterocycles. The van der Waals surface area contributed by atoms with E-state index in [0.29, 0.717) is 6.42 Å².